The van der Waals surface area contributed by atoms with Crippen LogP contribution in [-0.2, 0) is 10.0 Å². The fourth-order valence-electron chi connectivity index (χ4n) is 2.11. The topological polar surface area (TPSA) is 37.4 Å². The predicted molar refractivity (Wildman–Crippen MR) is 73.3 cm³/mol. The summed E-state index contributed by atoms with van der Waals surface area (Å²) >= 11 is 6.00. The second-order valence-electron chi connectivity index (χ2n) is 5.00. The predicted octanol–water partition coefficient (Wildman–Crippen LogP) is 3.07. The molecule has 0 aliphatic carbocycles. The fourth-order valence-corrected chi connectivity index (χ4v) is 3.85. The Hall–Kier alpha value is -0.580. The standard InChI is InChI=1S/C13H18ClNO2S/c1-10-5-7-15(8-6-10)18(16,17)12-4-3-11(2)13(14)9-12/h3-4,9-10H,5-8H2,1-2H3. The number of benzene rings is 1. The maximum absolute atomic E-state index is 12.4. The minimum absolute atomic E-state index is 0.299. The first-order valence-electron chi connectivity index (χ1n) is 6.17. The Bertz CT molecular complexity index is 534. The van der Waals surface area contributed by atoms with E-state index in [9.17, 15) is 8.42 Å². The Labute approximate surface area is 114 Å². The molecule has 18 heavy (non-hydrogen) atoms. The lowest BCUT2D eigenvalue weighted by atomic mass is 10.0. The molecule has 3 nitrogen and oxygen atoms in total. The van der Waals surface area contributed by atoms with Gasteiger partial charge in [0.25, 0.3) is 0 Å². The maximum Gasteiger partial charge on any atom is 0.243 e. The first-order chi connectivity index (χ1) is 8.41. The smallest absolute Gasteiger partial charge is 0.207 e. The van der Waals surface area contributed by atoms with Crippen LogP contribution in [0.4, 0.5) is 0 Å². The highest BCUT2D eigenvalue weighted by atomic mass is 35.5. The van der Waals surface area contributed by atoms with E-state index in [2.05, 4.69) is 6.92 Å². The molecule has 0 radical (unpaired) electrons. The Morgan fingerprint density at radius 1 is 1.28 bits per heavy atom. The van der Waals surface area contributed by atoms with Crippen molar-refractivity contribution < 1.29 is 8.42 Å². The van der Waals surface area contributed by atoms with E-state index in [0.717, 1.165) is 18.4 Å². The Balaban J connectivity index is 2.27. The molecule has 1 aliphatic heterocycles. The first-order valence-corrected chi connectivity index (χ1v) is 7.99. The van der Waals surface area contributed by atoms with E-state index in [-0.39, 0.29) is 0 Å². The highest BCUT2D eigenvalue weighted by Crippen LogP contribution is 2.26. The van der Waals surface area contributed by atoms with Gasteiger partial charge in [0.15, 0.2) is 0 Å². The molecule has 0 spiro atoms. The van der Waals surface area contributed by atoms with Crippen molar-refractivity contribution in [1.29, 1.82) is 0 Å². The van der Waals surface area contributed by atoms with E-state index in [1.54, 1.807) is 22.5 Å². The number of sulfonamides is 1. The summed E-state index contributed by atoms with van der Waals surface area (Å²) in [4.78, 5) is 0.299. The summed E-state index contributed by atoms with van der Waals surface area (Å²) < 4.78 is 26.4. The highest BCUT2D eigenvalue weighted by Gasteiger charge is 2.28. The van der Waals surface area contributed by atoms with Gasteiger partial charge in [-0.3, -0.25) is 0 Å². The van der Waals surface area contributed by atoms with E-state index in [1.807, 2.05) is 6.92 Å². The number of piperidine rings is 1. The molecular formula is C13H18ClNO2S. The SMILES string of the molecule is Cc1ccc(S(=O)(=O)N2CCC(C)CC2)cc1Cl. The van der Waals surface area contributed by atoms with E-state index < -0.39 is 10.0 Å². The molecule has 1 aliphatic rings. The lowest BCUT2D eigenvalue weighted by Gasteiger charge is -2.29. The van der Waals surface area contributed by atoms with Crippen LogP contribution in [0.3, 0.4) is 0 Å². The van der Waals surface area contributed by atoms with Crippen molar-refractivity contribution >= 4 is 21.6 Å². The molecule has 0 saturated carbocycles. The Morgan fingerprint density at radius 3 is 2.44 bits per heavy atom. The van der Waals surface area contributed by atoms with Gasteiger partial charge < -0.3 is 0 Å². The van der Waals surface area contributed by atoms with Crippen molar-refractivity contribution in [2.24, 2.45) is 5.92 Å². The molecular weight excluding hydrogens is 270 g/mol. The third-order valence-corrected chi connectivity index (χ3v) is 5.83. The monoisotopic (exact) mass is 287 g/mol. The summed E-state index contributed by atoms with van der Waals surface area (Å²) in [5.74, 6) is 0.609. The number of halogens is 1. The Morgan fingerprint density at radius 2 is 1.89 bits per heavy atom. The van der Waals surface area contributed by atoms with Crippen LogP contribution < -0.4 is 0 Å². The third-order valence-electron chi connectivity index (χ3n) is 3.52. The molecule has 5 heteroatoms. The maximum atomic E-state index is 12.4. The van der Waals surface area contributed by atoms with Gasteiger partial charge >= 0.3 is 0 Å². The molecule has 0 atom stereocenters. The summed E-state index contributed by atoms with van der Waals surface area (Å²) in [7, 11) is -3.38. The molecule has 0 N–H and O–H groups in total. The van der Waals surface area contributed by atoms with Crippen LogP contribution in [0, 0.1) is 12.8 Å². The van der Waals surface area contributed by atoms with Crippen molar-refractivity contribution in [2.45, 2.75) is 31.6 Å². The molecule has 1 aromatic carbocycles. The molecule has 1 saturated heterocycles. The fraction of sp³-hybridized carbons (Fsp3) is 0.538. The molecule has 1 aromatic rings. The first kappa shape index (κ1) is 13.8. The van der Waals surface area contributed by atoms with Crippen LogP contribution in [0.25, 0.3) is 0 Å². The normalized spacial score (nSPS) is 19.1. The molecule has 0 bridgehead atoms. The van der Waals surface area contributed by atoms with Crippen molar-refractivity contribution in [3.63, 3.8) is 0 Å². The number of hydrogen-bond donors (Lipinski definition) is 0. The van der Waals surface area contributed by atoms with Gasteiger partial charge in [-0.25, -0.2) is 8.42 Å². The summed E-state index contributed by atoms with van der Waals surface area (Å²) in [6.07, 6.45) is 1.86. The van der Waals surface area contributed by atoms with E-state index in [0.29, 0.717) is 28.9 Å². The van der Waals surface area contributed by atoms with Crippen molar-refractivity contribution in [1.82, 2.24) is 4.31 Å². The largest absolute Gasteiger partial charge is 0.243 e. The van der Waals surface area contributed by atoms with E-state index in [4.69, 9.17) is 11.6 Å². The Kier molecular flexibility index (Phi) is 3.99. The molecule has 0 amide bonds. The molecule has 1 fully saturated rings. The van der Waals surface area contributed by atoms with Crippen molar-refractivity contribution in [2.75, 3.05) is 13.1 Å². The van der Waals surface area contributed by atoms with Crippen LogP contribution in [0.2, 0.25) is 5.02 Å². The van der Waals surface area contributed by atoms with Gasteiger partial charge in [0.05, 0.1) is 4.90 Å². The lowest BCUT2D eigenvalue weighted by Crippen LogP contribution is -2.37. The quantitative estimate of drug-likeness (QED) is 0.838. The van der Waals surface area contributed by atoms with Gasteiger partial charge in [-0.15, -0.1) is 0 Å². The van der Waals surface area contributed by atoms with E-state index >= 15 is 0 Å². The zero-order valence-electron chi connectivity index (χ0n) is 10.7. The minimum atomic E-state index is -3.38. The van der Waals surface area contributed by atoms with Crippen LogP contribution in [0.1, 0.15) is 25.3 Å². The minimum Gasteiger partial charge on any atom is -0.207 e. The van der Waals surface area contributed by atoms with E-state index in [1.165, 1.54) is 0 Å². The second kappa shape index (κ2) is 5.19. The molecule has 100 valence electrons. The molecule has 2 rings (SSSR count). The number of nitrogens with zero attached hydrogens (tertiary/aromatic N) is 1. The average molecular weight is 288 g/mol. The number of hydrogen-bond acceptors (Lipinski definition) is 2. The van der Waals surface area contributed by atoms with Gasteiger partial charge in [0.2, 0.25) is 10.0 Å². The zero-order chi connectivity index (χ0) is 13.3. The zero-order valence-corrected chi connectivity index (χ0v) is 12.3. The van der Waals surface area contributed by atoms with Crippen LogP contribution >= 0.6 is 11.6 Å². The summed E-state index contributed by atoms with van der Waals surface area (Å²) in [5.41, 5.74) is 0.892. The lowest BCUT2D eigenvalue weighted by molar-refractivity contribution is 0.288. The third kappa shape index (κ3) is 2.71. The van der Waals surface area contributed by atoms with Gasteiger partial charge in [-0.05, 0) is 43.4 Å². The van der Waals surface area contributed by atoms with Crippen LogP contribution in [0.15, 0.2) is 23.1 Å². The van der Waals surface area contributed by atoms with Crippen LogP contribution in [-0.4, -0.2) is 25.8 Å². The highest BCUT2D eigenvalue weighted by molar-refractivity contribution is 7.89. The van der Waals surface area contributed by atoms with Crippen molar-refractivity contribution in [3.8, 4) is 0 Å². The molecule has 0 aromatic heterocycles. The van der Waals surface area contributed by atoms with Crippen LogP contribution in [0.5, 0.6) is 0 Å². The van der Waals surface area contributed by atoms with Gasteiger partial charge in [0, 0.05) is 18.1 Å². The number of rotatable bonds is 2. The second-order valence-corrected chi connectivity index (χ2v) is 7.34. The summed E-state index contributed by atoms with van der Waals surface area (Å²) in [6.45, 7) is 5.23. The van der Waals surface area contributed by atoms with Crippen molar-refractivity contribution in [3.05, 3.63) is 28.8 Å². The molecule has 0 unspecified atom stereocenters. The summed E-state index contributed by atoms with van der Waals surface area (Å²) in [6, 6.07) is 4.93. The molecule has 1 heterocycles. The number of aryl methyl sites for hydroxylation is 1. The van der Waals surface area contributed by atoms with Gasteiger partial charge in [0.1, 0.15) is 0 Å². The van der Waals surface area contributed by atoms with Gasteiger partial charge in [-0.1, -0.05) is 24.6 Å². The summed E-state index contributed by atoms with van der Waals surface area (Å²) in [5, 5.41) is 0.501. The van der Waals surface area contributed by atoms with Gasteiger partial charge in [-0.2, -0.15) is 4.31 Å². The average Bonchev–Trinajstić information content (AvgIpc) is 2.33.